The Kier molecular flexibility index (Phi) is 10.2. The number of hydrogen-bond acceptors (Lipinski definition) is 5. The fourth-order valence-corrected chi connectivity index (χ4v) is 5.18. The van der Waals surface area contributed by atoms with Crippen molar-refractivity contribution in [2.75, 3.05) is 37.7 Å². The Bertz CT molecular complexity index is 1020. The third-order valence-electron chi connectivity index (χ3n) is 7.23. The van der Waals surface area contributed by atoms with Crippen molar-refractivity contribution in [2.45, 2.75) is 58.2 Å². The number of piperidine rings is 1. The number of carbonyl (C=O) groups is 1. The van der Waals surface area contributed by atoms with Gasteiger partial charge in [-0.3, -0.25) is 4.90 Å². The molecule has 35 heavy (non-hydrogen) atoms. The Morgan fingerprint density at radius 3 is 2.40 bits per heavy atom. The van der Waals surface area contributed by atoms with Gasteiger partial charge in [-0.2, -0.15) is 0 Å². The third kappa shape index (κ3) is 6.64. The van der Waals surface area contributed by atoms with E-state index in [2.05, 4.69) is 16.7 Å². The predicted molar refractivity (Wildman–Crippen MR) is 138 cm³/mol. The quantitative estimate of drug-likeness (QED) is 0.571. The Hall–Kier alpha value is -1.48. The summed E-state index contributed by atoms with van der Waals surface area (Å²) in [6.07, 6.45) is 2.97. The summed E-state index contributed by atoms with van der Waals surface area (Å²) in [4.78, 5) is 16.5. The molecule has 0 unspecified atom stereocenters. The topological polar surface area (TPSA) is 73.2 Å². The molecule has 186 valence electrons. The monoisotopic (exact) mass is 494 g/mol. The zero-order valence-electron chi connectivity index (χ0n) is 20.1. The van der Waals surface area contributed by atoms with Gasteiger partial charge in [-0.25, -0.2) is 9.18 Å². The number of aliphatic hydroxyl groups excluding tert-OH is 1. The van der Waals surface area contributed by atoms with Crippen LogP contribution in [0.1, 0.15) is 54.1 Å². The number of halogens is 1. The van der Waals surface area contributed by atoms with Gasteiger partial charge in [-0.05, 0) is 74.4 Å². The number of nitrogens with zero attached hydrogens (tertiary/aromatic N) is 2. The molecule has 2 aliphatic heterocycles. The van der Waals surface area contributed by atoms with Crippen molar-refractivity contribution in [3.05, 3.63) is 52.8 Å². The first-order chi connectivity index (χ1) is 16.4. The summed E-state index contributed by atoms with van der Waals surface area (Å²) in [6.45, 7) is 8.11. The molecule has 2 aromatic rings. The molecule has 0 radical (unpaired) electrons. The van der Waals surface area contributed by atoms with Crippen LogP contribution in [-0.2, 0) is 11.3 Å². The Morgan fingerprint density at radius 2 is 1.80 bits per heavy atom. The first-order valence-electron chi connectivity index (χ1n) is 12.3. The zero-order chi connectivity index (χ0) is 24.2. The zero-order valence-corrected chi connectivity index (χ0v) is 20.1. The van der Waals surface area contributed by atoms with Crippen molar-refractivity contribution in [1.29, 1.82) is 0 Å². The SMILES string of the molecule is CCN(c1cc(-c2ccc(CN3CCC(O)CC3)c(F)c2)cc(C(=O)O)c1C)C1CCOCC1.[NaH]. The van der Waals surface area contributed by atoms with E-state index in [9.17, 15) is 15.0 Å². The van der Waals surface area contributed by atoms with Crippen LogP contribution in [0.15, 0.2) is 30.3 Å². The first-order valence-corrected chi connectivity index (χ1v) is 12.3. The molecule has 0 saturated carbocycles. The summed E-state index contributed by atoms with van der Waals surface area (Å²) in [7, 11) is 0. The molecule has 2 aromatic carbocycles. The second kappa shape index (κ2) is 12.7. The van der Waals surface area contributed by atoms with Crippen LogP contribution in [0.4, 0.5) is 10.1 Å². The van der Waals surface area contributed by atoms with E-state index in [1.807, 2.05) is 19.1 Å². The van der Waals surface area contributed by atoms with Gasteiger partial charge in [0, 0.05) is 56.7 Å². The molecule has 4 rings (SSSR count). The van der Waals surface area contributed by atoms with Gasteiger partial charge in [-0.15, -0.1) is 0 Å². The Labute approximate surface area is 229 Å². The molecular formula is C27H36FN2NaO4. The number of anilines is 1. The fourth-order valence-electron chi connectivity index (χ4n) is 5.18. The number of carboxylic acid groups (broad SMARTS) is 1. The second-order valence-electron chi connectivity index (χ2n) is 9.42. The molecule has 2 heterocycles. The molecule has 2 N–H and O–H groups in total. The van der Waals surface area contributed by atoms with Gasteiger partial charge in [0.05, 0.1) is 11.7 Å². The van der Waals surface area contributed by atoms with Gasteiger partial charge in [-0.1, -0.05) is 12.1 Å². The average molecular weight is 495 g/mol. The van der Waals surface area contributed by atoms with Crippen molar-refractivity contribution < 1.29 is 24.1 Å². The van der Waals surface area contributed by atoms with Crippen LogP contribution in [0.25, 0.3) is 11.1 Å². The van der Waals surface area contributed by atoms with Crippen LogP contribution in [-0.4, -0.2) is 95.6 Å². The van der Waals surface area contributed by atoms with E-state index in [0.717, 1.165) is 43.7 Å². The van der Waals surface area contributed by atoms with Crippen LogP contribution >= 0.6 is 0 Å². The second-order valence-corrected chi connectivity index (χ2v) is 9.42. The summed E-state index contributed by atoms with van der Waals surface area (Å²) in [5, 5.41) is 19.6. The third-order valence-corrected chi connectivity index (χ3v) is 7.23. The molecule has 2 fully saturated rings. The normalized spacial score (nSPS) is 17.7. The van der Waals surface area contributed by atoms with Crippen LogP contribution in [0, 0.1) is 12.7 Å². The molecule has 0 bridgehead atoms. The summed E-state index contributed by atoms with van der Waals surface area (Å²) >= 11 is 0. The van der Waals surface area contributed by atoms with E-state index in [0.29, 0.717) is 49.3 Å². The van der Waals surface area contributed by atoms with Gasteiger partial charge in [0.25, 0.3) is 0 Å². The molecule has 0 aromatic heterocycles. The molecule has 0 amide bonds. The van der Waals surface area contributed by atoms with Gasteiger partial charge in [0.2, 0.25) is 0 Å². The number of aromatic carboxylic acids is 1. The number of likely N-dealkylation sites (tertiary alicyclic amines) is 1. The maximum absolute atomic E-state index is 15.1. The summed E-state index contributed by atoms with van der Waals surface area (Å²) in [6, 6.07) is 9.13. The van der Waals surface area contributed by atoms with Gasteiger partial charge in [0.1, 0.15) is 5.82 Å². The number of rotatable bonds is 7. The molecule has 2 aliphatic rings. The van der Waals surface area contributed by atoms with E-state index < -0.39 is 5.97 Å². The Balaban J connectivity index is 0.00000342. The van der Waals surface area contributed by atoms with E-state index in [1.54, 1.807) is 12.1 Å². The molecule has 0 spiro atoms. The molecule has 6 nitrogen and oxygen atoms in total. The van der Waals surface area contributed by atoms with Crippen molar-refractivity contribution in [2.24, 2.45) is 0 Å². The minimum absolute atomic E-state index is 0. The first kappa shape index (κ1) is 28.1. The number of carboxylic acids is 1. The number of aliphatic hydroxyl groups is 1. The van der Waals surface area contributed by atoms with E-state index in [4.69, 9.17) is 4.74 Å². The van der Waals surface area contributed by atoms with Crippen LogP contribution in [0.5, 0.6) is 0 Å². The van der Waals surface area contributed by atoms with Crippen molar-refractivity contribution in [3.63, 3.8) is 0 Å². The summed E-state index contributed by atoms with van der Waals surface area (Å²) in [5.41, 5.74) is 3.85. The predicted octanol–water partition coefficient (Wildman–Crippen LogP) is 3.81. The van der Waals surface area contributed by atoms with Crippen LogP contribution < -0.4 is 4.90 Å². The van der Waals surface area contributed by atoms with Crippen molar-refractivity contribution in [3.8, 4) is 11.1 Å². The van der Waals surface area contributed by atoms with E-state index in [-0.39, 0.29) is 53.1 Å². The molecule has 0 aliphatic carbocycles. The number of benzene rings is 2. The molecule has 0 atom stereocenters. The maximum atomic E-state index is 15.1. The van der Waals surface area contributed by atoms with Crippen molar-refractivity contribution in [1.82, 2.24) is 4.90 Å². The standard InChI is InChI=1S/C27H35FN2O4.Na.H/c1-3-30(22-8-12-34-13-9-22)26-16-21(14-24(18(26)2)27(32)33)19-4-5-20(25(28)15-19)17-29-10-6-23(31)7-11-29;;/h4-5,14-16,22-23,31H,3,6-13,17H2,1-2H3,(H,32,33);;. The number of hydrogen-bond donors (Lipinski definition) is 2. The van der Waals surface area contributed by atoms with Crippen LogP contribution in [0.3, 0.4) is 0 Å². The van der Waals surface area contributed by atoms with E-state index >= 15 is 4.39 Å². The average Bonchev–Trinajstić information content (AvgIpc) is 2.83. The molecule has 8 heteroatoms. The summed E-state index contributed by atoms with van der Waals surface area (Å²) < 4.78 is 20.6. The Morgan fingerprint density at radius 1 is 1.11 bits per heavy atom. The molecule has 2 saturated heterocycles. The van der Waals surface area contributed by atoms with E-state index in [1.165, 1.54) is 6.07 Å². The summed E-state index contributed by atoms with van der Waals surface area (Å²) in [5.74, 6) is -1.27. The molecular weight excluding hydrogens is 458 g/mol. The van der Waals surface area contributed by atoms with Crippen molar-refractivity contribution >= 4 is 41.2 Å². The fraction of sp³-hybridized carbons (Fsp3) is 0.519. The number of ether oxygens (including phenoxy) is 1. The van der Waals surface area contributed by atoms with Gasteiger partial charge < -0.3 is 19.8 Å². The van der Waals surface area contributed by atoms with Gasteiger partial charge in [0.15, 0.2) is 0 Å². The minimum atomic E-state index is -0.979. The van der Waals surface area contributed by atoms with Crippen LogP contribution in [0.2, 0.25) is 0 Å². The van der Waals surface area contributed by atoms with Gasteiger partial charge >= 0.3 is 35.5 Å².